The molecule has 1 aliphatic heterocycles. The predicted molar refractivity (Wildman–Crippen MR) is 67.1 cm³/mol. The van der Waals surface area contributed by atoms with E-state index in [2.05, 4.69) is 26.2 Å². The van der Waals surface area contributed by atoms with Gasteiger partial charge in [-0.05, 0) is 34.5 Å². The zero-order valence-electron chi connectivity index (χ0n) is 7.96. The van der Waals surface area contributed by atoms with Gasteiger partial charge in [-0.1, -0.05) is 17.8 Å². The van der Waals surface area contributed by atoms with Crippen molar-refractivity contribution in [3.8, 4) is 0 Å². The summed E-state index contributed by atoms with van der Waals surface area (Å²) in [6.07, 6.45) is 1.09. The standard InChI is InChI=1S/C10H10BrFN2S/c11-7-3-1-4-8(12)9(7)14-10-13-5-2-6-15-10/h1,3-4H,2,5-6H2,(H,13,14). The zero-order valence-corrected chi connectivity index (χ0v) is 10.4. The summed E-state index contributed by atoms with van der Waals surface area (Å²) in [4.78, 5) is 4.29. The van der Waals surface area contributed by atoms with E-state index < -0.39 is 0 Å². The third-order valence-corrected chi connectivity index (χ3v) is 3.65. The van der Waals surface area contributed by atoms with Gasteiger partial charge in [0.25, 0.3) is 0 Å². The minimum atomic E-state index is -0.266. The average Bonchev–Trinajstić information content (AvgIpc) is 2.25. The normalized spacial score (nSPS) is 16.0. The molecule has 0 spiro atoms. The van der Waals surface area contributed by atoms with Gasteiger partial charge in [0.2, 0.25) is 0 Å². The van der Waals surface area contributed by atoms with Gasteiger partial charge in [-0.25, -0.2) is 4.39 Å². The molecule has 0 aromatic heterocycles. The van der Waals surface area contributed by atoms with Crippen LogP contribution >= 0.6 is 27.7 Å². The summed E-state index contributed by atoms with van der Waals surface area (Å²) in [6, 6.07) is 4.90. The van der Waals surface area contributed by atoms with Crippen LogP contribution < -0.4 is 5.32 Å². The highest BCUT2D eigenvalue weighted by Gasteiger charge is 2.11. The van der Waals surface area contributed by atoms with Crippen LogP contribution in [0.2, 0.25) is 0 Å². The summed E-state index contributed by atoms with van der Waals surface area (Å²) < 4.78 is 14.2. The molecule has 1 heterocycles. The Morgan fingerprint density at radius 3 is 3.00 bits per heavy atom. The fourth-order valence-corrected chi connectivity index (χ4v) is 2.52. The van der Waals surface area contributed by atoms with Crippen molar-refractivity contribution < 1.29 is 4.39 Å². The molecule has 0 saturated carbocycles. The van der Waals surface area contributed by atoms with Gasteiger partial charge in [0.05, 0.1) is 5.69 Å². The molecule has 1 aromatic rings. The first-order valence-electron chi connectivity index (χ1n) is 4.65. The number of hydrogen-bond acceptors (Lipinski definition) is 3. The summed E-state index contributed by atoms with van der Waals surface area (Å²) in [5.41, 5.74) is 0.464. The van der Waals surface area contributed by atoms with E-state index in [0.717, 1.165) is 28.4 Å². The van der Waals surface area contributed by atoms with Gasteiger partial charge in [-0.15, -0.1) is 0 Å². The molecular weight excluding hydrogens is 279 g/mol. The molecule has 15 heavy (non-hydrogen) atoms. The van der Waals surface area contributed by atoms with Crippen LogP contribution in [0.4, 0.5) is 10.1 Å². The number of rotatable bonds is 1. The Bertz CT molecular complexity index is 375. The third kappa shape index (κ3) is 2.72. The second-order valence-corrected chi connectivity index (χ2v) is 5.05. The lowest BCUT2D eigenvalue weighted by atomic mass is 10.3. The van der Waals surface area contributed by atoms with Gasteiger partial charge >= 0.3 is 0 Å². The number of anilines is 1. The van der Waals surface area contributed by atoms with Crippen molar-refractivity contribution in [1.29, 1.82) is 0 Å². The van der Waals surface area contributed by atoms with Crippen molar-refractivity contribution in [3.05, 3.63) is 28.5 Å². The average molecular weight is 289 g/mol. The molecule has 0 bridgehead atoms. The Hall–Kier alpha value is -0.550. The summed E-state index contributed by atoms with van der Waals surface area (Å²) in [5, 5.41) is 3.81. The SMILES string of the molecule is Fc1cccc(Br)c1NC1=NCCCS1. The molecule has 0 fully saturated rings. The first kappa shape index (κ1) is 11.0. The molecule has 0 amide bonds. The van der Waals surface area contributed by atoms with Gasteiger partial charge in [0, 0.05) is 16.8 Å². The molecule has 0 aliphatic carbocycles. The maximum Gasteiger partial charge on any atom is 0.161 e. The van der Waals surface area contributed by atoms with Gasteiger partial charge < -0.3 is 5.32 Å². The Labute approximate surface area is 100 Å². The lowest BCUT2D eigenvalue weighted by Crippen LogP contribution is -2.14. The lowest BCUT2D eigenvalue weighted by Gasteiger charge is -2.14. The highest BCUT2D eigenvalue weighted by molar-refractivity contribution is 9.10. The van der Waals surface area contributed by atoms with E-state index in [1.165, 1.54) is 6.07 Å². The topological polar surface area (TPSA) is 24.4 Å². The Morgan fingerprint density at radius 1 is 1.47 bits per heavy atom. The van der Waals surface area contributed by atoms with Crippen LogP contribution in [0.3, 0.4) is 0 Å². The van der Waals surface area contributed by atoms with Crippen LogP contribution in [0.25, 0.3) is 0 Å². The van der Waals surface area contributed by atoms with E-state index in [1.807, 2.05) is 0 Å². The molecule has 2 rings (SSSR count). The number of amidine groups is 1. The first-order chi connectivity index (χ1) is 7.27. The molecule has 2 nitrogen and oxygen atoms in total. The number of halogens is 2. The Balaban J connectivity index is 2.19. The lowest BCUT2D eigenvalue weighted by molar-refractivity contribution is 0.631. The van der Waals surface area contributed by atoms with Crippen LogP contribution in [0.5, 0.6) is 0 Å². The number of thioether (sulfide) groups is 1. The van der Waals surface area contributed by atoms with Crippen molar-refractivity contribution in [3.63, 3.8) is 0 Å². The summed E-state index contributed by atoms with van der Waals surface area (Å²) in [6.45, 7) is 0.821. The largest absolute Gasteiger partial charge is 0.332 e. The van der Waals surface area contributed by atoms with Crippen LogP contribution in [-0.2, 0) is 0 Å². The summed E-state index contributed by atoms with van der Waals surface area (Å²) >= 11 is 4.93. The Morgan fingerprint density at radius 2 is 2.33 bits per heavy atom. The van der Waals surface area contributed by atoms with Crippen molar-refractivity contribution in [2.75, 3.05) is 17.6 Å². The smallest absolute Gasteiger partial charge is 0.161 e. The minimum Gasteiger partial charge on any atom is -0.332 e. The maximum absolute atomic E-state index is 13.4. The molecule has 80 valence electrons. The number of benzene rings is 1. The molecule has 5 heteroatoms. The molecule has 0 saturated heterocycles. The number of hydrogen-bond donors (Lipinski definition) is 1. The molecule has 1 aromatic carbocycles. The zero-order chi connectivity index (χ0) is 10.7. The van der Waals surface area contributed by atoms with Crippen molar-refractivity contribution in [1.82, 2.24) is 0 Å². The molecule has 1 N–H and O–H groups in total. The molecule has 0 atom stereocenters. The second-order valence-electron chi connectivity index (χ2n) is 3.11. The van der Waals surface area contributed by atoms with E-state index in [9.17, 15) is 4.39 Å². The molecule has 1 aliphatic rings. The van der Waals surface area contributed by atoms with Gasteiger partial charge in [-0.2, -0.15) is 0 Å². The van der Waals surface area contributed by atoms with E-state index in [4.69, 9.17) is 0 Å². The monoisotopic (exact) mass is 288 g/mol. The predicted octanol–water partition coefficient (Wildman–Crippen LogP) is 3.49. The number of aliphatic imine (C=N–C) groups is 1. The molecule has 0 radical (unpaired) electrons. The maximum atomic E-state index is 13.4. The highest BCUT2D eigenvalue weighted by atomic mass is 79.9. The van der Waals surface area contributed by atoms with Crippen LogP contribution in [0.1, 0.15) is 6.42 Å². The highest BCUT2D eigenvalue weighted by Crippen LogP contribution is 2.27. The third-order valence-electron chi connectivity index (χ3n) is 1.99. The number of para-hydroxylation sites is 1. The van der Waals surface area contributed by atoms with Crippen LogP contribution in [0.15, 0.2) is 27.7 Å². The van der Waals surface area contributed by atoms with E-state index >= 15 is 0 Å². The van der Waals surface area contributed by atoms with Crippen LogP contribution in [-0.4, -0.2) is 17.5 Å². The molecular formula is C10H10BrFN2S. The van der Waals surface area contributed by atoms with Crippen molar-refractivity contribution >= 4 is 38.5 Å². The van der Waals surface area contributed by atoms with E-state index in [1.54, 1.807) is 23.9 Å². The van der Waals surface area contributed by atoms with Crippen molar-refractivity contribution in [2.24, 2.45) is 4.99 Å². The van der Waals surface area contributed by atoms with E-state index in [0.29, 0.717) is 5.69 Å². The Kier molecular flexibility index (Phi) is 3.64. The quantitative estimate of drug-likeness (QED) is 0.855. The summed E-state index contributed by atoms with van der Waals surface area (Å²) in [5.74, 6) is 0.774. The summed E-state index contributed by atoms with van der Waals surface area (Å²) in [7, 11) is 0. The van der Waals surface area contributed by atoms with Gasteiger partial charge in [0.15, 0.2) is 5.17 Å². The second kappa shape index (κ2) is 4.99. The minimum absolute atomic E-state index is 0.266. The number of nitrogens with one attached hydrogen (secondary N) is 1. The fraction of sp³-hybridized carbons (Fsp3) is 0.300. The van der Waals surface area contributed by atoms with Crippen LogP contribution in [0, 0.1) is 5.82 Å². The first-order valence-corrected chi connectivity index (χ1v) is 6.43. The molecule has 0 unspecified atom stereocenters. The van der Waals surface area contributed by atoms with E-state index in [-0.39, 0.29) is 5.82 Å². The van der Waals surface area contributed by atoms with Gasteiger partial charge in [0.1, 0.15) is 5.82 Å². The number of nitrogens with zero attached hydrogens (tertiary/aromatic N) is 1. The fourth-order valence-electron chi connectivity index (χ4n) is 1.26. The van der Waals surface area contributed by atoms with Crippen molar-refractivity contribution in [2.45, 2.75) is 6.42 Å². The van der Waals surface area contributed by atoms with Gasteiger partial charge in [-0.3, -0.25) is 4.99 Å².